The SMILES string of the molecule is Cc1ccn2c(=O)c(C(=O)NC3(C(=O)O)CCC3)cnc2c1. The van der Waals surface area contributed by atoms with Crippen LogP contribution in [0, 0.1) is 6.92 Å². The van der Waals surface area contributed by atoms with E-state index in [0.717, 1.165) is 12.0 Å². The van der Waals surface area contributed by atoms with Crippen molar-refractivity contribution >= 4 is 17.5 Å². The van der Waals surface area contributed by atoms with Crippen molar-refractivity contribution in [3.05, 3.63) is 46.0 Å². The van der Waals surface area contributed by atoms with Gasteiger partial charge in [-0.15, -0.1) is 0 Å². The van der Waals surface area contributed by atoms with Crippen molar-refractivity contribution in [3.63, 3.8) is 0 Å². The molecule has 0 unspecified atom stereocenters. The standard InChI is InChI=1S/C15H15N3O4/c1-9-3-6-18-11(7-9)16-8-10(13(18)20)12(19)17-15(14(21)22)4-2-5-15/h3,6-8H,2,4-5H2,1H3,(H,17,19)(H,21,22). The number of nitrogens with one attached hydrogen (secondary N) is 1. The van der Waals surface area contributed by atoms with Crippen molar-refractivity contribution in [2.75, 3.05) is 0 Å². The van der Waals surface area contributed by atoms with Gasteiger partial charge in [-0.3, -0.25) is 14.0 Å². The molecule has 7 heteroatoms. The molecule has 1 fully saturated rings. The zero-order valence-corrected chi connectivity index (χ0v) is 12.0. The van der Waals surface area contributed by atoms with E-state index < -0.39 is 23.0 Å². The van der Waals surface area contributed by atoms with Crippen LogP contribution in [-0.2, 0) is 4.79 Å². The lowest BCUT2D eigenvalue weighted by Crippen LogP contribution is -2.59. The van der Waals surface area contributed by atoms with Crippen molar-refractivity contribution in [1.82, 2.24) is 14.7 Å². The first kappa shape index (κ1) is 14.2. The zero-order chi connectivity index (χ0) is 15.9. The van der Waals surface area contributed by atoms with E-state index in [9.17, 15) is 19.5 Å². The van der Waals surface area contributed by atoms with Crippen LogP contribution >= 0.6 is 0 Å². The van der Waals surface area contributed by atoms with E-state index in [2.05, 4.69) is 10.3 Å². The predicted molar refractivity (Wildman–Crippen MR) is 77.9 cm³/mol. The molecule has 0 aliphatic heterocycles. The first-order valence-corrected chi connectivity index (χ1v) is 6.97. The topological polar surface area (TPSA) is 101 Å². The molecule has 0 bridgehead atoms. The Morgan fingerprint density at radius 3 is 2.73 bits per heavy atom. The summed E-state index contributed by atoms with van der Waals surface area (Å²) in [6.07, 6.45) is 4.22. The number of carboxylic acids is 1. The number of pyridine rings is 1. The maximum absolute atomic E-state index is 12.4. The number of rotatable bonds is 3. The molecule has 2 aromatic heterocycles. The highest BCUT2D eigenvalue weighted by Crippen LogP contribution is 2.32. The fraction of sp³-hybridized carbons (Fsp3) is 0.333. The van der Waals surface area contributed by atoms with Crippen molar-refractivity contribution in [2.24, 2.45) is 0 Å². The molecule has 0 atom stereocenters. The summed E-state index contributed by atoms with van der Waals surface area (Å²) in [6.45, 7) is 1.87. The van der Waals surface area contributed by atoms with Crippen molar-refractivity contribution in [3.8, 4) is 0 Å². The summed E-state index contributed by atoms with van der Waals surface area (Å²) in [5.41, 5.74) is -0.533. The quantitative estimate of drug-likeness (QED) is 0.871. The maximum Gasteiger partial charge on any atom is 0.329 e. The average Bonchev–Trinajstić information content (AvgIpc) is 2.42. The minimum atomic E-state index is -1.25. The monoisotopic (exact) mass is 301 g/mol. The first-order chi connectivity index (χ1) is 10.4. The Labute approximate surface area is 125 Å². The Kier molecular flexibility index (Phi) is 3.20. The highest BCUT2D eigenvalue weighted by atomic mass is 16.4. The Balaban J connectivity index is 1.98. The van der Waals surface area contributed by atoms with Gasteiger partial charge in [0.05, 0.1) is 0 Å². The van der Waals surface area contributed by atoms with Crippen LogP contribution in [0.5, 0.6) is 0 Å². The van der Waals surface area contributed by atoms with E-state index >= 15 is 0 Å². The number of carbonyl (C=O) groups excluding carboxylic acids is 1. The van der Waals surface area contributed by atoms with Crippen LogP contribution in [0.2, 0.25) is 0 Å². The third-order valence-corrected chi connectivity index (χ3v) is 4.08. The van der Waals surface area contributed by atoms with Crippen LogP contribution in [0.4, 0.5) is 0 Å². The normalized spacial score (nSPS) is 16.0. The van der Waals surface area contributed by atoms with Gasteiger partial charge in [-0.1, -0.05) is 0 Å². The molecule has 114 valence electrons. The fourth-order valence-electron chi connectivity index (χ4n) is 2.54. The molecule has 7 nitrogen and oxygen atoms in total. The summed E-state index contributed by atoms with van der Waals surface area (Å²) in [5, 5.41) is 11.7. The van der Waals surface area contributed by atoms with Gasteiger partial charge >= 0.3 is 5.97 Å². The second-order valence-corrected chi connectivity index (χ2v) is 5.60. The second kappa shape index (κ2) is 4.94. The molecule has 2 heterocycles. The lowest BCUT2D eigenvalue weighted by molar-refractivity contribution is -0.148. The fourth-order valence-corrected chi connectivity index (χ4v) is 2.54. The number of aliphatic carboxylic acids is 1. The molecule has 0 radical (unpaired) electrons. The first-order valence-electron chi connectivity index (χ1n) is 6.97. The smallest absolute Gasteiger partial charge is 0.329 e. The number of hydrogen-bond donors (Lipinski definition) is 2. The number of carbonyl (C=O) groups is 2. The number of hydrogen-bond acceptors (Lipinski definition) is 4. The van der Waals surface area contributed by atoms with Crippen molar-refractivity contribution in [2.45, 2.75) is 31.7 Å². The summed E-state index contributed by atoms with van der Waals surface area (Å²) in [6, 6.07) is 3.47. The molecule has 2 N–H and O–H groups in total. The summed E-state index contributed by atoms with van der Waals surface area (Å²) in [4.78, 5) is 40.0. The van der Waals surface area contributed by atoms with Gasteiger partial charge in [-0.05, 0) is 43.9 Å². The van der Waals surface area contributed by atoms with E-state index in [4.69, 9.17) is 0 Å². The van der Waals surface area contributed by atoms with E-state index in [-0.39, 0.29) is 5.56 Å². The van der Waals surface area contributed by atoms with Gasteiger partial charge in [0.25, 0.3) is 11.5 Å². The van der Waals surface area contributed by atoms with E-state index in [1.54, 1.807) is 18.3 Å². The van der Waals surface area contributed by atoms with Crippen LogP contribution < -0.4 is 10.9 Å². The molecule has 0 aromatic carbocycles. The molecule has 22 heavy (non-hydrogen) atoms. The second-order valence-electron chi connectivity index (χ2n) is 5.60. The third-order valence-electron chi connectivity index (χ3n) is 4.08. The number of aromatic nitrogens is 2. The number of carboxylic acid groups (broad SMARTS) is 1. The molecular formula is C15H15N3O4. The lowest BCUT2D eigenvalue weighted by atomic mass is 9.76. The number of amides is 1. The van der Waals surface area contributed by atoms with Gasteiger partial charge in [0, 0.05) is 12.4 Å². The molecule has 2 aromatic rings. The maximum atomic E-state index is 12.4. The molecule has 0 saturated heterocycles. The summed E-state index contributed by atoms with van der Waals surface area (Å²) in [7, 11) is 0. The van der Waals surface area contributed by atoms with Crippen molar-refractivity contribution in [1.29, 1.82) is 0 Å². The van der Waals surface area contributed by atoms with E-state index in [1.807, 2.05) is 6.92 Å². The van der Waals surface area contributed by atoms with Crippen LogP contribution in [0.15, 0.2) is 29.3 Å². The molecule has 1 amide bonds. The number of aryl methyl sites for hydroxylation is 1. The van der Waals surface area contributed by atoms with Crippen molar-refractivity contribution < 1.29 is 14.7 Å². The van der Waals surface area contributed by atoms with Crippen LogP contribution in [0.3, 0.4) is 0 Å². The molecule has 1 saturated carbocycles. The Bertz CT molecular complexity index is 836. The summed E-state index contributed by atoms with van der Waals surface area (Å²) in [5.74, 6) is -1.77. The number of fused-ring (bicyclic) bond motifs is 1. The van der Waals surface area contributed by atoms with Crippen LogP contribution in [-0.4, -0.2) is 31.9 Å². The minimum absolute atomic E-state index is 0.158. The molecular weight excluding hydrogens is 286 g/mol. The zero-order valence-electron chi connectivity index (χ0n) is 12.0. The Hall–Kier alpha value is -2.70. The van der Waals surface area contributed by atoms with E-state index in [1.165, 1.54) is 10.6 Å². The van der Waals surface area contributed by atoms with Crippen LogP contribution in [0.1, 0.15) is 35.2 Å². The highest BCUT2D eigenvalue weighted by Gasteiger charge is 2.46. The Morgan fingerprint density at radius 1 is 1.41 bits per heavy atom. The van der Waals surface area contributed by atoms with E-state index in [0.29, 0.717) is 18.5 Å². The van der Waals surface area contributed by atoms with Gasteiger partial charge < -0.3 is 10.4 Å². The van der Waals surface area contributed by atoms with Gasteiger partial charge in [-0.25, -0.2) is 9.78 Å². The Morgan fingerprint density at radius 2 is 2.14 bits per heavy atom. The third kappa shape index (κ3) is 2.14. The summed E-state index contributed by atoms with van der Waals surface area (Å²) >= 11 is 0. The average molecular weight is 301 g/mol. The van der Waals surface area contributed by atoms with Gasteiger partial charge in [-0.2, -0.15) is 0 Å². The minimum Gasteiger partial charge on any atom is -0.480 e. The predicted octanol–water partition coefficient (Wildman–Crippen LogP) is 0.740. The molecule has 1 aliphatic carbocycles. The highest BCUT2D eigenvalue weighted by molar-refractivity contribution is 5.97. The largest absolute Gasteiger partial charge is 0.480 e. The summed E-state index contributed by atoms with van der Waals surface area (Å²) < 4.78 is 1.27. The molecule has 0 spiro atoms. The van der Waals surface area contributed by atoms with Gasteiger partial charge in [0.2, 0.25) is 0 Å². The van der Waals surface area contributed by atoms with Gasteiger partial charge in [0.1, 0.15) is 16.7 Å². The lowest BCUT2D eigenvalue weighted by Gasteiger charge is -2.38. The molecule has 3 rings (SSSR count). The van der Waals surface area contributed by atoms with Gasteiger partial charge in [0.15, 0.2) is 0 Å². The number of nitrogens with zero attached hydrogens (tertiary/aromatic N) is 2. The molecule has 1 aliphatic rings. The van der Waals surface area contributed by atoms with Crippen LogP contribution in [0.25, 0.3) is 5.65 Å².